The molecule has 6 nitrogen and oxygen atoms in total. The Morgan fingerprint density at radius 1 is 1.41 bits per heavy atom. The fraction of sp³-hybridized carbons (Fsp3) is 0.312. The van der Waals surface area contributed by atoms with E-state index in [2.05, 4.69) is 21.4 Å². The van der Waals surface area contributed by atoms with Crippen LogP contribution in [0.1, 0.15) is 28.4 Å². The molecule has 0 saturated heterocycles. The van der Waals surface area contributed by atoms with Gasteiger partial charge in [0.2, 0.25) is 0 Å². The largest absolute Gasteiger partial charge is 0.490 e. The molecular formula is C16H17N3O3. The molecule has 1 unspecified atom stereocenters. The Hall–Kier alpha value is -2.63. The first-order valence-electron chi connectivity index (χ1n) is 7.08. The second-order valence-corrected chi connectivity index (χ2v) is 5.22. The summed E-state index contributed by atoms with van der Waals surface area (Å²) < 4.78 is 10.5. The molecule has 22 heavy (non-hydrogen) atoms. The van der Waals surface area contributed by atoms with Crippen LogP contribution in [-0.4, -0.2) is 29.1 Å². The third kappa shape index (κ3) is 3.00. The molecule has 0 bridgehead atoms. The lowest BCUT2D eigenvalue weighted by Gasteiger charge is -2.07. The number of carbonyl (C=O) groups excluding carboxylic acids is 1. The van der Waals surface area contributed by atoms with Gasteiger partial charge >= 0.3 is 6.01 Å². The Kier molecular flexibility index (Phi) is 3.91. The summed E-state index contributed by atoms with van der Waals surface area (Å²) in [6, 6.07) is 6.23. The van der Waals surface area contributed by atoms with E-state index in [1.165, 1.54) is 25.1 Å². The van der Waals surface area contributed by atoms with Crippen LogP contribution in [0.2, 0.25) is 0 Å². The normalized spacial score (nSPS) is 15.8. The Morgan fingerprint density at radius 2 is 2.18 bits per heavy atom. The van der Waals surface area contributed by atoms with E-state index in [-0.39, 0.29) is 18.0 Å². The van der Waals surface area contributed by atoms with Crippen molar-refractivity contribution < 1.29 is 14.3 Å². The number of fused-ring (bicyclic) bond motifs is 1. The summed E-state index contributed by atoms with van der Waals surface area (Å²) in [5.41, 5.74) is 2.63. The van der Waals surface area contributed by atoms with E-state index in [1.807, 2.05) is 19.1 Å². The van der Waals surface area contributed by atoms with Crippen LogP contribution in [0.15, 0.2) is 30.6 Å². The van der Waals surface area contributed by atoms with E-state index in [0.29, 0.717) is 12.1 Å². The fourth-order valence-corrected chi connectivity index (χ4v) is 2.41. The van der Waals surface area contributed by atoms with Crippen molar-refractivity contribution in [2.24, 2.45) is 0 Å². The summed E-state index contributed by atoms with van der Waals surface area (Å²) in [6.45, 7) is 2.50. The first kappa shape index (κ1) is 14.3. The minimum atomic E-state index is -0.215. The van der Waals surface area contributed by atoms with Crippen LogP contribution in [0.25, 0.3) is 0 Å². The average Bonchev–Trinajstić information content (AvgIpc) is 2.92. The molecule has 1 aromatic carbocycles. The Morgan fingerprint density at radius 3 is 2.91 bits per heavy atom. The molecule has 1 atom stereocenters. The number of amides is 1. The van der Waals surface area contributed by atoms with Crippen molar-refractivity contribution in [1.82, 2.24) is 15.3 Å². The quantitative estimate of drug-likeness (QED) is 0.931. The summed E-state index contributed by atoms with van der Waals surface area (Å²) in [6.07, 6.45) is 4.01. The van der Waals surface area contributed by atoms with Crippen molar-refractivity contribution in [2.45, 2.75) is 26.0 Å². The molecule has 1 aliphatic rings. The van der Waals surface area contributed by atoms with Gasteiger partial charge in [0.1, 0.15) is 11.9 Å². The number of benzene rings is 1. The van der Waals surface area contributed by atoms with Crippen molar-refractivity contribution in [3.05, 3.63) is 47.3 Å². The number of nitrogens with zero attached hydrogens (tertiary/aromatic N) is 2. The van der Waals surface area contributed by atoms with Gasteiger partial charge in [0, 0.05) is 25.4 Å². The molecule has 0 saturated carbocycles. The van der Waals surface area contributed by atoms with Gasteiger partial charge in [-0.15, -0.1) is 0 Å². The zero-order valence-corrected chi connectivity index (χ0v) is 12.5. The van der Waals surface area contributed by atoms with Gasteiger partial charge in [-0.3, -0.25) is 4.79 Å². The van der Waals surface area contributed by atoms with Crippen molar-refractivity contribution in [2.75, 3.05) is 7.11 Å². The Labute approximate surface area is 128 Å². The van der Waals surface area contributed by atoms with E-state index in [1.54, 1.807) is 0 Å². The molecule has 0 spiro atoms. The summed E-state index contributed by atoms with van der Waals surface area (Å²) in [5, 5.41) is 2.85. The van der Waals surface area contributed by atoms with Gasteiger partial charge < -0.3 is 14.8 Å². The predicted octanol–water partition coefficient (Wildman–Crippen LogP) is 1.74. The van der Waals surface area contributed by atoms with Gasteiger partial charge in [0.05, 0.1) is 12.7 Å². The van der Waals surface area contributed by atoms with Crippen LogP contribution in [-0.2, 0) is 13.0 Å². The van der Waals surface area contributed by atoms with Crippen LogP contribution >= 0.6 is 0 Å². The van der Waals surface area contributed by atoms with E-state index in [9.17, 15) is 4.79 Å². The highest BCUT2D eigenvalue weighted by atomic mass is 16.5. The predicted molar refractivity (Wildman–Crippen MR) is 80.0 cm³/mol. The maximum Gasteiger partial charge on any atom is 0.316 e. The third-order valence-corrected chi connectivity index (χ3v) is 3.49. The zero-order chi connectivity index (χ0) is 15.5. The standard InChI is InChI=1S/C16H17N3O3/c1-10-5-12-6-11(3-4-14(12)22-10)7-17-15(20)13-8-18-16(21-2)19-9-13/h3-4,6,8-10H,5,7H2,1-2H3,(H,17,20). The monoisotopic (exact) mass is 299 g/mol. The van der Waals surface area contributed by atoms with E-state index in [4.69, 9.17) is 9.47 Å². The van der Waals surface area contributed by atoms with Gasteiger partial charge in [-0.05, 0) is 24.1 Å². The molecule has 114 valence electrons. The van der Waals surface area contributed by atoms with Gasteiger partial charge in [-0.25, -0.2) is 9.97 Å². The SMILES string of the molecule is COc1ncc(C(=O)NCc2ccc3c(c2)CC(C)O3)cn1. The van der Waals surface area contributed by atoms with Crippen LogP contribution in [0.5, 0.6) is 11.8 Å². The lowest BCUT2D eigenvalue weighted by atomic mass is 10.1. The molecule has 1 amide bonds. The minimum Gasteiger partial charge on any atom is -0.490 e. The summed E-state index contributed by atoms with van der Waals surface area (Å²) in [4.78, 5) is 19.9. The fourth-order valence-electron chi connectivity index (χ4n) is 2.41. The third-order valence-electron chi connectivity index (χ3n) is 3.49. The maximum atomic E-state index is 12.0. The number of ether oxygens (including phenoxy) is 2. The zero-order valence-electron chi connectivity index (χ0n) is 12.5. The topological polar surface area (TPSA) is 73.3 Å². The van der Waals surface area contributed by atoms with Crippen LogP contribution in [0, 0.1) is 0 Å². The van der Waals surface area contributed by atoms with Crippen LogP contribution in [0.4, 0.5) is 0 Å². The summed E-state index contributed by atoms with van der Waals surface area (Å²) >= 11 is 0. The first-order valence-corrected chi connectivity index (χ1v) is 7.08. The van der Waals surface area contributed by atoms with Gasteiger partial charge in [0.15, 0.2) is 0 Å². The van der Waals surface area contributed by atoms with Crippen LogP contribution < -0.4 is 14.8 Å². The van der Waals surface area contributed by atoms with E-state index in [0.717, 1.165) is 17.7 Å². The number of rotatable bonds is 4. The number of aromatic nitrogens is 2. The molecule has 1 aliphatic heterocycles. The maximum absolute atomic E-state index is 12.0. The number of hydrogen-bond acceptors (Lipinski definition) is 5. The van der Waals surface area contributed by atoms with Crippen molar-refractivity contribution in [1.29, 1.82) is 0 Å². The minimum absolute atomic E-state index is 0.215. The molecule has 2 aromatic rings. The second-order valence-electron chi connectivity index (χ2n) is 5.22. The molecule has 0 aliphatic carbocycles. The Balaban J connectivity index is 1.62. The molecule has 3 rings (SSSR count). The van der Waals surface area contributed by atoms with Crippen molar-refractivity contribution in [3.63, 3.8) is 0 Å². The smallest absolute Gasteiger partial charge is 0.316 e. The van der Waals surface area contributed by atoms with Gasteiger partial charge in [0.25, 0.3) is 5.91 Å². The van der Waals surface area contributed by atoms with E-state index >= 15 is 0 Å². The Bertz CT molecular complexity index is 686. The van der Waals surface area contributed by atoms with E-state index < -0.39 is 0 Å². The second kappa shape index (κ2) is 6.01. The number of methoxy groups -OCH3 is 1. The average molecular weight is 299 g/mol. The summed E-state index contributed by atoms with van der Waals surface area (Å²) in [5.74, 6) is 0.721. The van der Waals surface area contributed by atoms with Gasteiger partial charge in [-0.1, -0.05) is 12.1 Å². The van der Waals surface area contributed by atoms with Crippen molar-refractivity contribution >= 4 is 5.91 Å². The lowest BCUT2D eigenvalue weighted by molar-refractivity contribution is 0.0950. The summed E-state index contributed by atoms with van der Waals surface area (Å²) in [7, 11) is 1.48. The number of hydrogen-bond donors (Lipinski definition) is 1. The van der Waals surface area contributed by atoms with Crippen molar-refractivity contribution in [3.8, 4) is 11.8 Å². The highest BCUT2D eigenvalue weighted by Crippen LogP contribution is 2.29. The van der Waals surface area contributed by atoms with Crippen LogP contribution in [0.3, 0.4) is 0 Å². The highest BCUT2D eigenvalue weighted by molar-refractivity contribution is 5.93. The lowest BCUT2D eigenvalue weighted by Crippen LogP contribution is -2.23. The molecule has 1 N–H and O–H groups in total. The molecule has 1 aromatic heterocycles. The highest BCUT2D eigenvalue weighted by Gasteiger charge is 2.18. The number of nitrogens with one attached hydrogen (secondary N) is 1. The molecular weight excluding hydrogens is 282 g/mol. The first-order chi connectivity index (χ1) is 10.7. The number of carbonyl (C=O) groups is 1. The molecule has 6 heteroatoms. The molecule has 0 radical (unpaired) electrons. The van der Waals surface area contributed by atoms with Gasteiger partial charge in [-0.2, -0.15) is 0 Å². The molecule has 0 fully saturated rings. The molecule has 2 heterocycles.